The Hall–Kier alpha value is -1.88. The lowest BCUT2D eigenvalue weighted by molar-refractivity contribution is 0.801. The Kier molecular flexibility index (Phi) is 3.94. The highest BCUT2D eigenvalue weighted by atomic mass is 79.9. The molecule has 2 aromatic rings. The molecule has 0 spiro atoms. The van der Waals surface area contributed by atoms with Crippen LogP contribution in [-0.4, -0.2) is 16.3 Å². The van der Waals surface area contributed by atoms with Crippen molar-refractivity contribution in [2.45, 2.75) is 0 Å². The van der Waals surface area contributed by atoms with Gasteiger partial charge in [0.05, 0.1) is 17.6 Å². The Morgan fingerprint density at radius 3 is 2.78 bits per heavy atom. The van der Waals surface area contributed by atoms with E-state index in [1.807, 2.05) is 30.3 Å². The zero-order valence-electron chi connectivity index (χ0n) is 9.64. The van der Waals surface area contributed by atoms with Crippen LogP contribution in [-0.2, 0) is 0 Å². The molecule has 1 aromatic heterocycles. The number of anilines is 1. The molecule has 18 heavy (non-hydrogen) atoms. The standard InChI is InChI=1S/C13H12BrN3O/c1-2-8-15-11-9-16-17(13(18)12(11)14)10-6-4-3-5-7-10/h2-7,9,15H,1,8H2. The lowest BCUT2D eigenvalue weighted by Crippen LogP contribution is -2.22. The minimum absolute atomic E-state index is 0.199. The van der Waals surface area contributed by atoms with E-state index in [0.29, 0.717) is 16.7 Å². The zero-order chi connectivity index (χ0) is 13.0. The van der Waals surface area contributed by atoms with Crippen LogP contribution in [0.2, 0.25) is 0 Å². The second kappa shape index (κ2) is 5.64. The molecule has 4 nitrogen and oxygen atoms in total. The summed E-state index contributed by atoms with van der Waals surface area (Å²) >= 11 is 3.29. The number of aromatic nitrogens is 2. The molecule has 0 aliphatic heterocycles. The maximum absolute atomic E-state index is 12.1. The van der Waals surface area contributed by atoms with Crippen LogP contribution in [0.5, 0.6) is 0 Å². The molecular formula is C13H12BrN3O. The maximum atomic E-state index is 12.1. The molecule has 0 bridgehead atoms. The van der Waals surface area contributed by atoms with E-state index in [1.54, 1.807) is 12.3 Å². The van der Waals surface area contributed by atoms with Gasteiger partial charge in [0.25, 0.3) is 5.56 Å². The van der Waals surface area contributed by atoms with Gasteiger partial charge in [-0.15, -0.1) is 6.58 Å². The third kappa shape index (κ3) is 2.51. The monoisotopic (exact) mass is 305 g/mol. The first kappa shape index (κ1) is 12.6. The first-order chi connectivity index (χ1) is 8.74. The van der Waals surface area contributed by atoms with E-state index in [2.05, 4.69) is 32.9 Å². The minimum atomic E-state index is -0.199. The molecule has 0 atom stereocenters. The molecule has 0 fully saturated rings. The summed E-state index contributed by atoms with van der Waals surface area (Å²) in [5, 5.41) is 7.18. The molecule has 0 unspecified atom stereocenters. The smallest absolute Gasteiger partial charge is 0.287 e. The van der Waals surface area contributed by atoms with Crippen molar-refractivity contribution in [3.63, 3.8) is 0 Å². The molecule has 0 saturated heterocycles. The van der Waals surface area contributed by atoms with Crippen molar-refractivity contribution >= 4 is 21.6 Å². The molecule has 1 N–H and O–H groups in total. The van der Waals surface area contributed by atoms with E-state index in [-0.39, 0.29) is 5.56 Å². The quantitative estimate of drug-likeness (QED) is 0.883. The predicted octanol–water partition coefficient (Wildman–Crippen LogP) is 2.59. The molecule has 5 heteroatoms. The van der Waals surface area contributed by atoms with Crippen molar-refractivity contribution in [2.75, 3.05) is 11.9 Å². The summed E-state index contributed by atoms with van der Waals surface area (Å²) in [5.74, 6) is 0. The minimum Gasteiger partial charge on any atom is -0.379 e. The SMILES string of the molecule is C=CCNc1cnn(-c2ccccc2)c(=O)c1Br. The van der Waals surface area contributed by atoms with Gasteiger partial charge in [-0.1, -0.05) is 24.3 Å². The van der Waals surface area contributed by atoms with Gasteiger partial charge in [-0.3, -0.25) is 4.79 Å². The fourth-order valence-electron chi connectivity index (χ4n) is 1.49. The van der Waals surface area contributed by atoms with E-state index >= 15 is 0 Å². The predicted molar refractivity (Wildman–Crippen MR) is 76.2 cm³/mol. The van der Waals surface area contributed by atoms with Gasteiger partial charge in [0, 0.05) is 6.54 Å². The van der Waals surface area contributed by atoms with Crippen molar-refractivity contribution in [1.82, 2.24) is 9.78 Å². The molecule has 1 aromatic carbocycles. The van der Waals surface area contributed by atoms with E-state index < -0.39 is 0 Å². The van der Waals surface area contributed by atoms with Gasteiger partial charge in [0.2, 0.25) is 0 Å². The van der Waals surface area contributed by atoms with Crippen molar-refractivity contribution < 1.29 is 0 Å². The van der Waals surface area contributed by atoms with Crippen molar-refractivity contribution in [1.29, 1.82) is 0 Å². The third-order valence-corrected chi connectivity index (χ3v) is 3.12. The molecule has 92 valence electrons. The van der Waals surface area contributed by atoms with Gasteiger partial charge in [0.1, 0.15) is 4.47 Å². The number of halogens is 1. The third-order valence-electron chi connectivity index (χ3n) is 2.36. The van der Waals surface area contributed by atoms with Crippen LogP contribution in [0.3, 0.4) is 0 Å². The van der Waals surface area contributed by atoms with Gasteiger partial charge in [-0.05, 0) is 28.1 Å². The second-order valence-corrected chi connectivity index (χ2v) is 4.39. The highest BCUT2D eigenvalue weighted by Crippen LogP contribution is 2.16. The second-order valence-electron chi connectivity index (χ2n) is 3.59. The maximum Gasteiger partial charge on any atom is 0.287 e. The largest absolute Gasteiger partial charge is 0.379 e. The van der Waals surface area contributed by atoms with E-state index in [0.717, 1.165) is 5.69 Å². The van der Waals surface area contributed by atoms with Crippen LogP contribution < -0.4 is 10.9 Å². The first-order valence-electron chi connectivity index (χ1n) is 5.42. The number of hydrogen-bond acceptors (Lipinski definition) is 3. The Balaban J connectivity index is 2.44. The number of benzene rings is 1. The van der Waals surface area contributed by atoms with Crippen molar-refractivity contribution in [3.8, 4) is 5.69 Å². The summed E-state index contributed by atoms with van der Waals surface area (Å²) < 4.78 is 1.81. The molecule has 0 radical (unpaired) electrons. The van der Waals surface area contributed by atoms with E-state index in [1.165, 1.54) is 4.68 Å². The lowest BCUT2D eigenvalue weighted by atomic mass is 10.3. The fourth-order valence-corrected chi connectivity index (χ4v) is 1.90. The number of nitrogens with one attached hydrogen (secondary N) is 1. The summed E-state index contributed by atoms with van der Waals surface area (Å²) in [6.45, 7) is 4.19. The van der Waals surface area contributed by atoms with Crippen LogP contribution in [0.15, 0.2) is 58.5 Å². The molecule has 0 aliphatic rings. The van der Waals surface area contributed by atoms with Gasteiger partial charge in [0.15, 0.2) is 0 Å². The number of hydrogen-bond donors (Lipinski definition) is 1. The summed E-state index contributed by atoms with van der Waals surface area (Å²) in [6, 6.07) is 9.28. The normalized spacial score (nSPS) is 10.1. The highest BCUT2D eigenvalue weighted by molar-refractivity contribution is 9.10. The number of nitrogens with zero attached hydrogens (tertiary/aromatic N) is 2. The molecule has 0 saturated carbocycles. The average Bonchev–Trinajstić information content (AvgIpc) is 2.41. The van der Waals surface area contributed by atoms with Gasteiger partial charge in [-0.25, -0.2) is 0 Å². The molecule has 0 amide bonds. The molecule has 1 heterocycles. The number of para-hydroxylation sites is 1. The fraction of sp³-hybridized carbons (Fsp3) is 0.0769. The summed E-state index contributed by atoms with van der Waals surface area (Å²) in [5.41, 5.74) is 1.20. The van der Waals surface area contributed by atoms with Gasteiger partial charge in [-0.2, -0.15) is 9.78 Å². The summed E-state index contributed by atoms with van der Waals surface area (Å²) in [7, 11) is 0. The number of rotatable bonds is 4. The molecular weight excluding hydrogens is 294 g/mol. The van der Waals surface area contributed by atoms with Gasteiger partial charge < -0.3 is 5.32 Å². The van der Waals surface area contributed by atoms with E-state index in [4.69, 9.17) is 0 Å². The average molecular weight is 306 g/mol. The van der Waals surface area contributed by atoms with Crippen LogP contribution in [0.1, 0.15) is 0 Å². The lowest BCUT2D eigenvalue weighted by Gasteiger charge is -2.09. The van der Waals surface area contributed by atoms with Crippen molar-refractivity contribution in [2.24, 2.45) is 0 Å². The van der Waals surface area contributed by atoms with Crippen LogP contribution >= 0.6 is 15.9 Å². The first-order valence-corrected chi connectivity index (χ1v) is 6.21. The van der Waals surface area contributed by atoms with E-state index in [9.17, 15) is 4.79 Å². The Bertz CT molecular complexity index is 607. The Labute approximate surface area is 113 Å². The summed E-state index contributed by atoms with van der Waals surface area (Å²) in [4.78, 5) is 12.1. The van der Waals surface area contributed by atoms with Gasteiger partial charge >= 0.3 is 0 Å². The van der Waals surface area contributed by atoms with Crippen molar-refractivity contribution in [3.05, 3.63) is 64.0 Å². The zero-order valence-corrected chi connectivity index (χ0v) is 11.2. The highest BCUT2D eigenvalue weighted by Gasteiger charge is 2.08. The summed E-state index contributed by atoms with van der Waals surface area (Å²) in [6.07, 6.45) is 3.33. The molecule has 0 aliphatic carbocycles. The Morgan fingerprint density at radius 2 is 2.11 bits per heavy atom. The molecule has 2 rings (SSSR count). The Morgan fingerprint density at radius 1 is 1.39 bits per heavy atom. The van der Waals surface area contributed by atoms with Crippen LogP contribution in [0.4, 0.5) is 5.69 Å². The van der Waals surface area contributed by atoms with Crippen LogP contribution in [0.25, 0.3) is 5.69 Å². The topological polar surface area (TPSA) is 46.9 Å². The van der Waals surface area contributed by atoms with Crippen LogP contribution in [0, 0.1) is 0 Å².